The Labute approximate surface area is 102 Å². The number of amides is 1. The van der Waals surface area contributed by atoms with E-state index in [0.29, 0.717) is 18.7 Å². The van der Waals surface area contributed by atoms with Gasteiger partial charge in [-0.15, -0.1) is 11.8 Å². The minimum Gasteiger partial charge on any atom is -0.399 e. The molecule has 0 saturated carbocycles. The Bertz CT molecular complexity index is 449. The number of anilines is 1. The fourth-order valence-corrected chi connectivity index (χ4v) is 1.21. The average Bonchev–Trinajstić information content (AvgIpc) is 2.34. The fraction of sp³-hybridized carbons (Fsp3) is 0.214. The zero-order chi connectivity index (χ0) is 12.5. The van der Waals surface area contributed by atoms with E-state index in [0.717, 1.165) is 5.56 Å². The first-order valence-corrected chi connectivity index (χ1v) is 5.43. The second-order valence-electron chi connectivity index (χ2n) is 3.47. The van der Waals surface area contributed by atoms with Gasteiger partial charge in [0, 0.05) is 24.7 Å². The summed E-state index contributed by atoms with van der Waals surface area (Å²) < 4.78 is 0. The Hall–Kier alpha value is -2.21. The van der Waals surface area contributed by atoms with Crippen molar-refractivity contribution in [2.24, 2.45) is 0 Å². The molecule has 0 aromatic heterocycles. The van der Waals surface area contributed by atoms with Crippen molar-refractivity contribution in [3.05, 3.63) is 35.9 Å². The lowest BCUT2D eigenvalue weighted by Gasteiger charge is -1.98. The maximum Gasteiger partial charge on any atom is 0.244 e. The van der Waals surface area contributed by atoms with Crippen LogP contribution < -0.4 is 11.1 Å². The molecular formula is C14H16N2O. The molecule has 0 aliphatic carbocycles. The number of benzene rings is 1. The number of rotatable bonds is 4. The third-order valence-electron chi connectivity index (χ3n) is 2.09. The standard InChI is InChI=1S/C14H16N2O/c1-2-3-4-11-16-14(17)10-7-12-5-8-13(15)9-6-12/h5-10H,4,11,15H2,1H3,(H,16,17)/b10-7+. The maximum atomic E-state index is 11.4. The van der Waals surface area contributed by atoms with Gasteiger partial charge in [-0.2, -0.15) is 0 Å². The highest BCUT2D eigenvalue weighted by Crippen LogP contribution is 2.06. The predicted octanol–water partition coefficient (Wildman–Crippen LogP) is 1.81. The van der Waals surface area contributed by atoms with Crippen LogP contribution in [0, 0.1) is 11.8 Å². The zero-order valence-electron chi connectivity index (χ0n) is 9.86. The monoisotopic (exact) mass is 228 g/mol. The first-order chi connectivity index (χ1) is 8.22. The smallest absolute Gasteiger partial charge is 0.244 e. The lowest BCUT2D eigenvalue weighted by Crippen LogP contribution is -2.21. The molecule has 0 atom stereocenters. The number of nitrogens with two attached hydrogens (primary N) is 1. The molecule has 0 bridgehead atoms. The van der Waals surface area contributed by atoms with Crippen LogP contribution in [0.3, 0.4) is 0 Å². The fourth-order valence-electron chi connectivity index (χ4n) is 1.21. The first-order valence-electron chi connectivity index (χ1n) is 5.43. The van der Waals surface area contributed by atoms with Crippen molar-refractivity contribution in [3.8, 4) is 11.8 Å². The average molecular weight is 228 g/mol. The second kappa shape index (κ2) is 7.13. The summed E-state index contributed by atoms with van der Waals surface area (Å²) in [6.45, 7) is 2.36. The van der Waals surface area contributed by atoms with Gasteiger partial charge in [0.25, 0.3) is 0 Å². The molecule has 0 aliphatic heterocycles. The van der Waals surface area contributed by atoms with Gasteiger partial charge in [0.2, 0.25) is 5.91 Å². The van der Waals surface area contributed by atoms with E-state index in [1.807, 2.05) is 12.1 Å². The number of nitrogens with one attached hydrogen (secondary N) is 1. The summed E-state index contributed by atoms with van der Waals surface area (Å²) in [6.07, 6.45) is 3.93. The van der Waals surface area contributed by atoms with Crippen LogP contribution in [0.2, 0.25) is 0 Å². The molecule has 1 aromatic carbocycles. The molecule has 1 rings (SSSR count). The number of hydrogen-bond acceptors (Lipinski definition) is 2. The van der Waals surface area contributed by atoms with E-state index in [-0.39, 0.29) is 5.91 Å². The lowest BCUT2D eigenvalue weighted by atomic mass is 10.2. The molecular weight excluding hydrogens is 212 g/mol. The van der Waals surface area contributed by atoms with Gasteiger partial charge >= 0.3 is 0 Å². The Balaban J connectivity index is 2.39. The van der Waals surface area contributed by atoms with Crippen molar-refractivity contribution in [1.82, 2.24) is 5.32 Å². The Kier molecular flexibility index (Phi) is 5.39. The van der Waals surface area contributed by atoms with Gasteiger partial charge in [-0.25, -0.2) is 0 Å². The summed E-state index contributed by atoms with van der Waals surface area (Å²) in [6, 6.07) is 7.33. The van der Waals surface area contributed by atoms with Crippen LogP contribution >= 0.6 is 0 Å². The van der Waals surface area contributed by atoms with Crippen LogP contribution in [0.1, 0.15) is 18.9 Å². The Morgan fingerprint density at radius 1 is 1.41 bits per heavy atom. The summed E-state index contributed by atoms with van der Waals surface area (Å²) in [4.78, 5) is 11.4. The number of carbonyl (C=O) groups excluding carboxylic acids is 1. The molecule has 88 valence electrons. The van der Waals surface area contributed by atoms with Crippen LogP contribution in [0.15, 0.2) is 30.3 Å². The first kappa shape index (κ1) is 12.9. The van der Waals surface area contributed by atoms with E-state index < -0.39 is 0 Å². The highest BCUT2D eigenvalue weighted by molar-refractivity contribution is 5.91. The van der Waals surface area contributed by atoms with Gasteiger partial charge in [-0.05, 0) is 30.7 Å². The largest absolute Gasteiger partial charge is 0.399 e. The van der Waals surface area contributed by atoms with Gasteiger partial charge < -0.3 is 11.1 Å². The van der Waals surface area contributed by atoms with Crippen molar-refractivity contribution in [2.45, 2.75) is 13.3 Å². The molecule has 0 radical (unpaired) electrons. The highest BCUT2D eigenvalue weighted by atomic mass is 16.1. The molecule has 1 amide bonds. The van der Waals surface area contributed by atoms with Gasteiger partial charge in [0.05, 0.1) is 0 Å². The third kappa shape index (κ3) is 5.43. The van der Waals surface area contributed by atoms with Crippen LogP contribution in [0.25, 0.3) is 6.08 Å². The van der Waals surface area contributed by atoms with Crippen molar-refractivity contribution in [1.29, 1.82) is 0 Å². The van der Waals surface area contributed by atoms with Gasteiger partial charge in [0.15, 0.2) is 0 Å². The molecule has 1 aromatic rings. The number of nitrogen functional groups attached to an aromatic ring is 1. The summed E-state index contributed by atoms with van der Waals surface area (Å²) in [5, 5.41) is 2.75. The van der Waals surface area contributed by atoms with E-state index in [4.69, 9.17) is 5.73 Å². The molecule has 3 N–H and O–H groups in total. The minimum atomic E-state index is -0.111. The molecule has 3 nitrogen and oxygen atoms in total. The SMILES string of the molecule is CC#CCCNC(=O)/C=C/c1ccc(N)cc1. The number of hydrogen-bond donors (Lipinski definition) is 2. The van der Waals surface area contributed by atoms with Crippen molar-refractivity contribution in [2.75, 3.05) is 12.3 Å². The molecule has 0 spiro atoms. The Morgan fingerprint density at radius 3 is 2.76 bits per heavy atom. The molecule has 0 fully saturated rings. The van der Waals surface area contributed by atoms with Crippen LogP contribution in [-0.4, -0.2) is 12.5 Å². The predicted molar refractivity (Wildman–Crippen MR) is 71.0 cm³/mol. The topological polar surface area (TPSA) is 55.1 Å². The van der Waals surface area contributed by atoms with Crippen molar-refractivity contribution >= 4 is 17.7 Å². The highest BCUT2D eigenvalue weighted by Gasteiger charge is 1.93. The van der Waals surface area contributed by atoms with Crippen LogP contribution in [0.5, 0.6) is 0 Å². The minimum absolute atomic E-state index is 0.111. The van der Waals surface area contributed by atoms with Gasteiger partial charge in [-0.1, -0.05) is 12.1 Å². The molecule has 0 unspecified atom stereocenters. The summed E-state index contributed by atoms with van der Waals surface area (Å²) >= 11 is 0. The van der Waals surface area contributed by atoms with Crippen LogP contribution in [-0.2, 0) is 4.79 Å². The van der Waals surface area contributed by atoms with E-state index in [2.05, 4.69) is 17.2 Å². The quantitative estimate of drug-likeness (QED) is 0.357. The molecule has 0 saturated heterocycles. The lowest BCUT2D eigenvalue weighted by molar-refractivity contribution is -0.116. The van der Waals surface area contributed by atoms with Gasteiger partial charge in [-0.3, -0.25) is 4.79 Å². The summed E-state index contributed by atoms with van der Waals surface area (Å²) in [5.41, 5.74) is 7.22. The molecule has 0 heterocycles. The second-order valence-corrected chi connectivity index (χ2v) is 3.47. The van der Waals surface area contributed by atoms with E-state index in [1.54, 1.807) is 25.1 Å². The normalized spacial score (nSPS) is 9.71. The van der Waals surface area contributed by atoms with Crippen molar-refractivity contribution in [3.63, 3.8) is 0 Å². The summed E-state index contributed by atoms with van der Waals surface area (Å²) in [5.74, 6) is 5.54. The zero-order valence-corrected chi connectivity index (χ0v) is 9.86. The van der Waals surface area contributed by atoms with E-state index in [9.17, 15) is 4.79 Å². The molecule has 0 aliphatic rings. The van der Waals surface area contributed by atoms with Crippen LogP contribution in [0.4, 0.5) is 5.69 Å². The third-order valence-corrected chi connectivity index (χ3v) is 2.09. The maximum absolute atomic E-state index is 11.4. The van der Waals surface area contributed by atoms with E-state index in [1.165, 1.54) is 6.08 Å². The van der Waals surface area contributed by atoms with E-state index >= 15 is 0 Å². The molecule has 17 heavy (non-hydrogen) atoms. The Morgan fingerprint density at radius 2 is 2.12 bits per heavy atom. The molecule has 3 heteroatoms. The summed E-state index contributed by atoms with van der Waals surface area (Å²) in [7, 11) is 0. The number of carbonyl (C=O) groups is 1. The van der Waals surface area contributed by atoms with Gasteiger partial charge in [0.1, 0.15) is 0 Å². The van der Waals surface area contributed by atoms with Crippen molar-refractivity contribution < 1.29 is 4.79 Å².